The Morgan fingerprint density at radius 1 is 1.05 bits per heavy atom. The lowest BCUT2D eigenvalue weighted by atomic mass is 9.93. The van der Waals surface area contributed by atoms with Crippen molar-refractivity contribution in [2.75, 3.05) is 11.0 Å². The van der Waals surface area contributed by atoms with Gasteiger partial charge in [0.05, 0.1) is 27.7 Å². The minimum Gasteiger partial charge on any atom is -0.346 e. The van der Waals surface area contributed by atoms with Crippen LogP contribution < -0.4 is 10.0 Å². The van der Waals surface area contributed by atoms with Crippen LogP contribution in [0, 0.1) is 29.4 Å². The van der Waals surface area contributed by atoms with Crippen LogP contribution in [0.3, 0.4) is 0 Å². The third-order valence-electron chi connectivity index (χ3n) is 9.51. The predicted octanol–water partition coefficient (Wildman–Crippen LogP) is 9.73. The molecule has 2 aliphatic carbocycles. The number of nitrogens with zero attached hydrogens (tertiary/aromatic N) is 5. The van der Waals surface area contributed by atoms with E-state index in [1.807, 2.05) is 0 Å². The zero-order valence-corrected chi connectivity index (χ0v) is 31.6. The van der Waals surface area contributed by atoms with Crippen molar-refractivity contribution in [3.05, 3.63) is 105 Å². The molecule has 0 bridgehead atoms. The minimum absolute atomic E-state index is 0.0155. The summed E-state index contributed by atoms with van der Waals surface area (Å²) in [6.45, 7) is 2.61. The average Bonchev–Trinajstić information content (AvgIpc) is 3.63. The summed E-state index contributed by atoms with van der Waals surface area (Å²) < 4.78 is 148. The van der Waals surface area contributed by atoms with Gasteiger partial charge in [0.25, 0.3) is 5.92 Å². The number of hydrogen-bond acceptors (Lipinski definition) is 6. The first-order valence-corrected chi connectivity index (χ1v) is 18.8. The van der Waals surface area contributed by atoms with Gasteiger partial charge in [-0.25, -0.2) is 13.8 Å². The minimum atomic E-state index is -5.11. The van der Waals surface area contributed by atoms with Crippen molar-refractivity contribution in [3.8, 4) is 23.0 Å². The summed E-state index contributed by atoms with van der Waals surface area (Å²) in [4.78, 5) is 18.5. The molecule has 0 spiro atoms. The van der Waals surface area contributed by atoms with E-state index >= 15 is 8.78 Å². The zero-order chi connectivity index (χ0) is 42.1. The fourth-order valence-corrected chi connectivity index (χ4v) is 7.89. The number of alkyl halides is 8. The van der Waals surface area contributed by atoms with Crippen molar-refractivity contribution >= 4 is 46.2 Å². The normalized spacial score (nSPS) is 17.3. The number of halogens is 11. The van der Waals surface area contributed by atoms with Crippen molar-refractivity contribution in [2.24, 2.45) is 5.92 Å². The molecule has 20 heteroatoms. The van der Waals surface area contributed by atoms with Crippen molar-refractivity contribution < 1.29 is 48.7 Å². The Morgan fingerprint density at radius 2 is 1.74 bits per heavy atom. The first kappa shape index (κ1) is 41.0. The molecule has 0 aliphatic heterocycles. The van der Waals surface area contributed by atoms with E-state index in [0.717, 1.165) is 24.1 Å². The molecule has 3 aromatic heterocycles. The van der Waals surface area contributed by atoms with Gasteiger partial charge in [-0.15, -0.1) is 0 Å². The summed E-state index contributed by atoms with van der Waals surface area (Å²) in [5.41, 5.74) is -3.00. The smallest absolute Gasteiger partial charge is 0.346 e. The lowest BCUT2D eigenvalue weighted by molar-refractivity contribution is -0.142. The van der Waals surface area contributed by atoms with Gasteiger partial charge >= 0.3 is 12.4 Å². The SMILES string of the molecule is C=C(C)C#Cc1ccc(-c2ccc(Cl)c3c(NSC)nn(CC(F)(F)F)c23)c(C(Cc2cc(F)cc(F)c2)NC(=O)Cn2nc(C(F)(F)F)c3c2C(F)(F)C2CC32)n1. The first-order chi connectivity index (χ1) is 27.2. The predicted molar refractivity (Wildman–Crippen MR) is 196 cm³/mol. The largest absolute Gasteiger partial charge is 0.435 e. The van der Waals surface area contributed by atoms with Crippen LogP contribution in [0.1, 0.15) is 59.2 Å². The average molecular weight is 856 g/mol. The van der Waals surface area contributed by atoms with Crippen LogP contribution in [-0.4, -0.2) is 42.9 Å². The topological polar surface area (TPSA) is 89.7 Å². The summed E-state index contributed by atoms with van der Waals surface area (Å²) in [7, 11) is 0. The van der Waals surface area contributed by atoms with Gasteiger partial charge in [-0.1, -0.05) is 42.1 Å². The molecule has 0 radical (unpaired) electrons. The number of nitrogens with one attached hydrogen (secondary N) is 2. The fraction of sp³-hybridized carbons (Fsp3) is 0.316. The molecular weight excluding hydrogens is 828 g/mol. The van der Waals surface area contributed by atoms with E-state index in [4.69, 9.17) is 11.6 Å². The highest BCUT2D eigenvalue weighted by Gasteiger charge is 2.68. The second-order valence-corrected chi connectivity index (χ2v) is 14.9. The van der Waals surface area contributed by atoms with E-state index in [1.165, 1.54) is 24.3 Å². The van der Waals surface area contributed by atoms with Gasteiger partial charge in [0.15, 0.2) is 11.5 Å². The molecule has 1 amide bonds. The highest BCUT2D eigenvalue weighted by Crippen LogP contribution is 2.68. The molecule has 1 saturated carbocycles. The van der Waals surface area contributed by atoms with Crippen molar-refractivity contribution in [1.82, 2.24) is 29.9 Å². The molecule has 5 aromatic rings. The quantitative estimate of drug-likeness (QED) is 0.0827. The Balaban J connectivity index is 1.40. The van der Waals surface area contributed by atoms with Gasteiger partial charge in [-0.05, 0) is 73.1 Å². The third kappa shape index (κ3) is 7.95. The molecule has 3 atom stereocenters. The monoisotopic (exact) mass is 855 g/mol. The Kier molecular flexibility index (Phi) is 10.5. The number of carbonyl (C=O) groups excluding carboxylic acids is 1. The van der Waals surface area contributed by atoms with Gasteiger partial charge < -0.3 is 10.0 Å². The van der Waals surface area contributed by atoms with Crippen LogP contribution in [0.4, 0.5) is 49.7 Å². The number of carbonyl (C=O) groups is 1. The Hall–Kier alpha value is -5.22. The van der Waals surface area contributed by atoms with Gasteiger partial charge in [0.2, 0.25) is 5.91 Å². The lowest BCUT2D eigenvalue weighted by Crippen LogP contribution is -2.35. The number of allylic oxidation sites excluding steroid dienone is 1. The number of hydrogen-bond donors (Lipinski definition) is 2. The maximum absolute atomic E-state index is 15.4. The third-order valence-corrected chi connectivity index (χ3v) is 10.2. The van der Waals surface area contributed by atoms with Crippen molar-refractivity contribution in [1.29, 1.82) is 0 Å². The standard InChI is InChI=1S/C38H28ClF10N7OS/c1-17(2)4-5-21-6-7-22(23-8-9-26(39)30-32(23)56(16-36(42,43)44)53-35(30)54-58-3)31(50-21)27(12-18-10-19(40)13-20(41)11-18)51-28(57)15-55-34-29(33(52-55)38(47,48)49)24-14-25(24)37(34,45)46/h6-11,13,24-25,27H,1,12,14-16H2,2-3H3,(H,51,57)(H,53,54). The summed E-state index contributed by atoms with van der Waals surface area (Å²) in [5, 5.41) is 10.2. The second kappa shape index (κ2) is 14.9. The highest BCUT2D eigenvalue weighted by atomic mass is 35.5. The van der Waals surface area contributed by atoms with Gasteiger partial charge in [0, 0.05) is 34.9 Å². The van der Waals surface area contributed by atoms with Crippen LogP contribution >= 0.6 is 23.5 Å². The number of anilines is 1. The maximum Gasteiger partial charge on any atom is 0.435 e. The zero-order valence-electron chi connectivity index (χ0n) is 30.0. The Labute approximate surface area is 332 Å². The van der Waals surface area contributed by atoms with Gasteiger partial charge in [0.1, 0.15) is 36.1 Å². The van der Waals surface area contributed by atoms with Crippen molar-refractivity contribution in [2.45, 2.75) is 63.1 Å². The second-order valence-electron chi connectivity index (χ2n) is 13.8. The molecule has 0 saturated heterocycles. The summed E-state index contributed by atoms with van der Waals surface area (Å²) >= 11 is 7.57. The molecule has 3 unspecified atom stereocenters. The fourth-order valence-electron chi connectivity index (χ4n) is 7.31. The van der Waals surface area contributed by atoms with Gasteiger partial charge in [-0.3, -0.25) is 14.2 Å². The number of fused-ring (bicyclic) bond motifs is 4. The van der Waals surface area contributed by atoms with E-state index in [1.54, 1.807) is 13.2 Å². The van der Waals surface area contributed by atoms with Crippen LogP contribution in [0.25, 0.3) is 22.0 Å². The Morgan fingerprint density at radius 3 is 2.38 bits per heavy atom. The lowest BCUT2D eigenvalue weighted by Gasteiger charge is -2.23. The molecule has 304 valence electrons. The van der Waals surface area contributed by atoms with Crippen molar-refractivity contribution in [3.63, 3.8) is 0 Å². The van der Waals surface area contributed by atoms with Crippen LogP contribution in [0.15, 0.2) is 54.6 Å². The van der Waals surface area contributed by atoms with Crippen LogP contribution in [0.2, 0.25) is 5.02 Å². The van der Waals surface area contributed by atoms with E-state index < -0.39 is 90.2 Å². The number of aromatic nitrogens is 5. The molecule has 1 fully saturated rings. The van der Waals surface area contributed by atoms with E-state index in [-0.39, 0.29) is 56.2 Å². The number of amides is 1. The van der Waals surface area contributed by atoms with Crippen LogP contribution in [0.5, 0.6) is 0 Å². The summed E-state index contributed by atoms with van der Waals surface area (Å²) in [6.07, 6.45) is -8.93. The van der Waals surface area contributed by atoms with E-state index in [0.29, 0.717) is 21.0 Å². The molecular formula is C38H28ClF10N7OS. The summed E-state index contributed by atoms with van der Waals surface area (Å²) in [5.74, 6) is -3.87. The first-order valence-electron chi connectivity index (χ1n) is 17.2. The Bertz CT molecular complexity index is 2530. The molecule has 2 aromatic carbocycles. The molecule has 2 N–H and O–H groups in total. The number of benzene rings is 2. The molecule has 7 rings (SSSR count). The maximum atomic E-state index is 15.4. The number of rotatable bonds is 10. The molecule has 2 aliphatic rings. The molecule has 8 nitrogen and oxygen atoms in total. The summed E-state index contributed by atoms with van der Waals surface area (Å²) in [6, 6.07) is 6.59. The van der Waals surface area contributed by atoms with Crippen LogP contribution in [-0.2, 0) is 36.4 Å². The molecule has 3 heterocycles. The number of pyridine rings is 1. The highest BCUT2D eigenvalue weighted by molar-refractivity contribution is 7.99. The van der Waals surface area contributed by atoms with Gasteiger partial charge in [-0.2, -0.15) is 45.3 Å². The van der Waals surface area contributed by atoms with E-state index in [9.17, 15) is 39.9 Å². The molecule has 58 heavy (non-hydrogen) atoms. The van der Waals surface area contributed by atoms with E-state index in [2.05, 4.69) is 43.6 Å².